The Balaban J connectivity index is 1.50. The highest BCUT2D eigenvalue weighted by molar-refractivity contribution is 7.90. The van der Waals surface area contributed by atoms with Crippen LogP contribution >= 0.6 is 11.3 Å². The minimum Gasteiger partial charge on any atom is -0.338 e. The molecule has 1 amide bonds. The smallest absolute Gasteiger partial charge is 0.263 e. The second-order valence-electron chi connectivity index (χ2n) is 8.09. The maximum absolute atomic E-state index is 13.4. The molecule has 9 heteroatoms. The summed E-state index contributed by atoms with van der Waals surface area (Å²) in [6.45, 7) is 7.89. The summed E-state index contributed by atoms with van der Waals surface area (Å²) in [6, 6.07) is 10.3. The highest BCUT2D eigenvalue weighted by Gasteiger charge is 2.35. The molecule has 2 atom stereocenters. The molecule has 31 heavy (non-hydrogen) atoms. The van der Waals surface area contributed by atoms with Gasteiger partial charge in [0.05, 0.1) is 4.90 Å². The van der Waals surface area contributed by atoms with Crippen molar-refractivity contribution in [3.63, 3.8) is 0 Å². The number of aliphatic imine (C=N–C) groups is 1. The van der Waals surface area contributed by atoms with Crippen LogP contribution in [0.25, 0.3) is 0 Å². The van der Waals surface area contributed by atoms with Crippen LogP contribution in [0.1, 0.15) is 30.7 Å². The van der Waals surface area contributed by atoms with Crippen LogP contribution in [0.5, 0.6) is 0 Å². The van der Waals surface area contributed by atoms with Gasteiger partial charge in [-0.2, -0.15) is 0 Å². The molecule has 2 aliphatic heterocycles. The van der Waals surface area contributed by atoms with Gasteiger partial charge in [0.25, 0.3) is 10.0 Å². The third kappa shape index (κ3) is 4.68. The summed E-state index contributed by atoms with van der Waals surface area (Å²) in [5, 5.41) is 2.08. The van der Waals surface area contributed by atoms with E-state index >= 15 is 0 Å². The van der Waals surface area contributed by atoms with Gasteiger partial charge in [0, 0.05) is 43.2 Å². The van der Waals surface area contributed by atoms with Crippen LogP contribution in [-0.2, 0) is 21.4 Å². The van der Waals surface area contributed by atoms with E-state index in [0.717, 1.165) is 26.1 Å². The fourth-order valence-electron chi connectivity index (χ4n) is 3.95. The van der Waals surface area contributed by atoms with Gasteiger partial charge in [-0.15, -0.1) is 11.3 Å². The minimum absolute atomic E-state index is 0.00131. The molecule has 7 nitrogen and oxygen atoms in total. The first-order valence-electron chi connectivity index (χ1n) is 10.6. The molecule has 0 bridgehead atoms. The maximum atomic E-state index is 13.4. The molecule has 0 aliphatic carbocycles. The average Bonchev–Trinajstić information content (AvgIpc) is 3.37. The van der Waals surface area contributed by atoms with E-state index in [0.29, 0.717) is 18.7 Å². The number of sulfonamides is 1. The van der Waals surface area contributed by atoms with E-state index in [1.807, 2.05) is 18.7 Å². The number of nitrogens with zero attached hydrogens (tertiary/aromatic N) is 3. The Bertz CT molecular complexity index is 1060. The standard InChI is InChI=1S/C22H28N4O3S2/c1-3-16(2)20(23-21-18-8-4-5-9-19(18)31(28,29)24-21)22(27)26-12-10-25(11-13-26)15-17-7-6-14-30-17/h4-9,14,16,20H,3,10-13,15H2,1-2H3,(H,23,24)/t16-,20-/m0/s1. The van der Waals surface area contributed by atoms with Crippen molar-refractivity contribution in [1.29, 1.82) is 0 Å². The molecule has 2 aromatic rings. The van der Waals surface area contributed by atoms with Crippen molar-refractivity contribution in [2.24, 2.45) is 10.9 Å². The van der Waals surface area contributed by atoms with Crippen molar-refractivity contribution < 1.29 is 13.2 Å². The summed E-state index contributed by atoms with van der Waals surface area (Å²) in [7, 11) is -3.63. The maximum Gasteiger partial charge on any atom is 0.263 e. The van der Waals surface area contributed by atoms with Crippen LogP contribution in [0.3, 0.4) is 0 Å². The number of rotatable bonds is 6. The molecule has 0 saturated carbocycles. The number of fused-ring (bicyclic) bond motifs is 1. The molecule has 0 radical (unpaired) electrons. The molecule has 1 aromatic carbocycles. The number of carbonyl (C=O) groups is 1. The van der Waals surface area contributed by atoms with E-state index in [1.165, 1.54) is 4.88 Å². The molecular weight excluding hydrogens is 432 g/mol. The number of nitrogens with one attached hydrogen (secondary N) is 1. The first-order chi connectivity index (χ1) is 14.9. The number of hydrogen-bond donors (Lipinski definition) is 1. The summed E-state index contributed by atoms with van der Waals surface area (Å²) < 4.78 is 27.4. The molecule has 1 saturated heterocycles. The summed E-state index contributed by atoms with van der Waals surface area (Å²) in [4.78, 5) is 23.9. The van der Waals surface area contributed by atoms with E-state index in [2.05, 4.69) is 32.1 Å². The number of carbonyl (C=O) groups excluding carboxylic acids is 1. The molecule has 3 heterocycles. The highest BCUT2D eigenvalue weighted by Crippen LogP contribution is 2.25. The van der Waals surface area contributed by atoms with Gasteiger partial charge >= 0.3 is 0 Å². The minimum atomic E-state index is -3.63. The van der Waals surface area contributed by atoms with Gasteiger partial charge < -0.3 is 4.90 Å². The van der Waals surface area contributed by atoms with E-state index in [-0.39, 0.29) is 22.6 Å². The Kier molecular flexibility index (Phi) is 6.45. The largest absolute Gasteiger partial charge is 0.338 e. The number of thiophene rings is 1. The lowest BCUT2D eigenvalue weighted by atomic mass is 9.97. The Morgan fingerprint density at radius 1 is 1.16 bits per heavy atom. The molecule has 2 aliphatic rings. The third-order valence-electron chi connectivity index (χ3n) is 6.01. The number of benzene rings is 1. The quantitative estimate of drug-likeness (QED) is 0.718. The summed E-state index contributed by atoms with van der Waals surface area (Å²) >= 11 is 1.75. The van der Waals surface area contributed by atoms with Gasteiger partial charge in [-0.25, -0.2) is 8.42 Å². The van der Waals surface area contributed by atoms with Crippen LogP contribution in [-0.4, -0.2) is 62.2 Å². The zero-order valence-corrected chi connectivity index (χ0v) is 19.5. The van der Waals surface area contributed by atoms with Crippen LogP contribution in [0.15, 0.2) is 51.7 Å². The topological polar surface area (TPSA) is 82.1 Å². The van der Waals surface area contributed by atoms with Crippen molar-refractivity contribution in [3.8, 4) is 0 Å². The summed E-state index contributed by atoms with van der Waals surface area (Å²) in [5.41, 5.74) is 0.532. The summed E-state index contributed by atoms with van der Waals surface area (Å²) in [5.74, 6) is 0.244. The Morgan fingerprint density at radius 3 is 2.58 bits per heavy atom. The van der Waals surface area contributed by atoms with Crippen molar-refractivity contribution in [3.05, 3.63) is 52.2 Å². The number of piperazine rings is 1. The van der Waals surface area contributed by atoms with Crippen molar-refractivity contribution in [1.82, 2.24) is 14.5 Å². The number of amides is 1. The zero-order chi connectivity index (χ0) is 22.0. The normalized spacial score (nSPS) is 21.5. The average molecular weight is 461 g/mol. The molecule has 0 unspecified atom stereocenters. The molecule has 0 spiro atoms. The lowest BCUT2D eigenvalue weighted by Gasteiger charge is -2.36. The number of hydrogen-bond acceptors (Lipinski definition) is 6. The lowest BCUT2D eigenvalue weighted by molar-refractivity contribution is -0.135. The second-order valence-corrected chi connectivity index (χ2v) is 10.8. The van der Waals surface area contributed by atoms with Gasteiger partial charge in [0.2, 0.25) is 5.91 Å². The van der Waals surface area contributed by atoms with Crippen LogP contribution < -0.4 is 4.72 Å². The molecular formula is C22H28N4O3S2. The fraction of sp³-hybridized carbons (Fsp3) is 0.455. The Labute approximate surface area is 187 Å². The fourth-order valence-corrected chi connectivity index (χ4v) is 5.94. The molecule has 1 N–H and O–H groups in total. The van der Waals surface area contributed by atoms with Crippen LogP contribution in [0, 0.1) is 5.92 Å². The molecule has 166 valence electrons. The molecule has 1 fully saturated rings. The summed E-state index contributed by atoms with van der Waals surface area (Å²) in [6.07, 6.45) is 0.778. The Morgan fingerprint density at radius 2 is 1.90 bits per heavy atom. The van der Waals surface area contributed by atoms with E-state index in [1.54, 1.807) is 35.6 Å². The molecule has 1 aromatic heterocycles. The first-order valence-corrected chi connectivity index (χ1v) is 13.0. The van der Waals surface area contributed by atoms with Gasteiger partial charge in [0.15, 0.2) is 0 Å². The van der Waals surface area contributed by atoms with E-state index < -0.39 is 16.1 Å². The van der Waals surface area contributed by atoms with Gasteiger partial charge in [-0.3, -0.25) is 19.4 Å². The van der Waals surface area contributed by atoms with Crippen LogP contribution in [0.2, 0.25) is 0 Å². The second kappa shape index (κ2) is 9.10. The molecule has 4 rings (SSSR count). The van der Waals surface area contributed by atoms with E-state index in [4.69, 9.17) is 0 Å². The van der Waals surface area contributed by atoms with Crippen molar-refractivity contribution in [2.75, 3.05) is 26.2 Å². The van der Waals surface area contributed by atoms with Gasteiger partial charge in [-0.05, 0) is 29.5 Å². The number of amidine groups is 1. The lowest BCUT2D eigenvalue weighted by Crippen LogP contribution is -2.52. The van der Waals surface area contributed by atoms with E-state index in [9.17, 15) is 13.2 Å². The highest BCUT2D eigenvalue weighted by atomic mass is 32.2. The monoisotopic (exact) mass is 460 g/mol. The SMILES string of the molecule is CC[C@H](C)[C@H](N=C1NS(=O)(=O)c2ccccc21)C(=O)N1CCN(Cc2cccs2)CC1. The van der Waals surface area contributed by atoms with Gasteiger partial charge in [-0.1, -0.05) is 38.5 Å². The Hall–Kier alpha value is -2.23. The van der Waals surface area contributed by atoms with Crippen LogP contribution in [0.4, 0.5) is 0 Å². The van der Waals surface area contributed by atoms with Crippen molar-refractivity contribution in [2.45, 2.75) is 37.8 Å². The van der Waals surface area contributed by atoms with Crippen molar-refractivity contribution >= 4 is 33.1 Å². The van der Waals surface area contributed by atoms with Gasteiger partial charge in [0.1, 0.15) is 11.9 Å². The third-order valence-corrected chi connectivity index (χ3v) is 8.27. The predicted molar refractivity (Wildman–Crippen MR) is 123 cm³/mol. The predicted octanol–water partition coefficient (Wildman–Crippen LogP) is 2.55. The zero-order valence-electron chi connectivity index (χ0n) is 17.8. The first kappa shape index (κ1) is 22.0.